The van der Waals surface area contributed by atoms with Gasteiger partial charge < -0.3 is 24.8 Å². The monoisotopic (exact) mass is 607 g/mol. The first-order chi connectivity index (χ1) is 18.0. The van der Waals surface area contributed by atoms with Crippen LogP contribution in [0.5, 0.6) is 0 Å². The Hall–Kier alpha value is -4.00. The molecule has 0 saturated carbocycles. The summed E-state index contributed by atoms with van der Waals surface area (Å²) in [4.78, 5) is 22.7. The second-order valence-corrected chi connectivity index (χ2v) is 6.15. The number of hydrogen-bond acceptors (Lipinski definition) is 6. The summed E-state index contributed by atoms with van der Waals surface area (Å²) in [6.45, 7) is 0. The number of pyridine rings is 6. The van der Waals surface area contributed by atoms with Gasteiger partial charge >= 0.3 is 17.1 Å². The van der Waals surface area contributed by atoms with Crippen molar-refractivity contribution in [2.75, 3.05) is 0 Å². The molecule has 0 N–H and O–H groups in total. The molecule has 0 aliphatic carbocycles. The zero-order valence-corrected chi connectivity index (χ0v) is 23.5. The van der Waals surface area contributed by atoms with Crippen LogP contribution in [0, 0.1) is 0 Å². The summed E-state index contributed by atoms with van der Waals surface area (Å²) in [6.07, 6.45) is 21.0. The van der Waals surface area contributed by atoms with E-state index in [1.807, 2.05) is 109 Å². The van der Waals surface area contributed by atoms with Crippen molar-refractivity contribution in [1.29, 1.82) is 0 Å². The fraction of sp³-hybridized carbons (Fsp3) is 0. The minimum absolute atomic E-state index is 0. The Morgan fingerprint density at radius 3 is 0.308 bits per heavy atom. The van der Waals surface area contributed by atoms with Crippen LogP contribution >= 0.6 is 0 Å². The molecule has 6 rings (SSSR count). The van der Waals surface area contributed by atoms with Gasteiger partial charge in [0.15, 0.2) is 0 Å². The van der Waals surface area contributed by atoms with Crippen LogP contribution < -0.4 is 24.8 Å². The molecule has 1 radical (unpaired) electrons. The molecule has 6 aromatic heterocycles. The third-order valence-corrected chi connectivity index (χ3v) is 3.40. The standard InChI is InChI=1S/6C5H5N.2ClH.Cu/c6*1-2-4-6-5-3-1;;;/h6*1-5H;2*1H;/q;;;;;;;;+2/p-2. The minimum Gasteiger partial charge on any atom is -1.00 e. The van der Waals surface area contributed by atoms with Gasteiger partial charge in [-0.1, -0.05) is 36.4 Å². The average Bonchev–Trinajstić information content (AvgIpc) is 3.04. The number of halogens is 2. The Morgan fingerprint density at radius 1 is 0.179 bits per heavy atom. The van der Waals surface area contributed by atoms with Gasteiger partial charge in [0, 0.05) is 74.4 Å². The van der Waals surface area contributed by atoms with Gasteiger partial charge in [0.2, 0.25) is 0 Å². The quantitative estimate of drug-likeness (QED) is 0.234. The second kappa shape index (κ2) is 36.2. The molecule has 0 amide bonds. The van der Waals surface area contributed by atoms with Crippen LogP contribution in [-0.2, 0) is 17.1 Å². The summed E-state index contributed by atoms with van der Waals surface area (Å²) in [5, 5.41) is 0. The molecule has 0 bridgehead atoms. The van der Waals surface area contributed by atoms with Crippen molar-refractivity contribution in [3.05, 3.63) is 184 Å². The van der Waals surface area contributed by atoms with Crippen molar-refractivity contribution in [3.8, 4) is 0 Å². The molecule has 0 atom stereocenters. The predicted octanol–water partition coefficient (Wildman–Crippen LogP) is 0.495. The van der Waals surface area contributed by atoms with E-state index in [2.05, 4.69) is 29.9 Å². The zero-order chi connectivity index (χ0) is 25.5. The van der Waals surface area contributed by atoms with E-state index in [4.69, 9.17) is 0 Å². The van der Waals surface area contributed by atoms with Crippen LogP contribution in [0.2, 0.25) is 0 Å². The topological polar surface area (TPSA) is 77.3 Å². The van der Waals surface area contributed by atoms with Crippen molar-refractivity contribution in [1.82, 2.24) is 29.9 Å². The molecule has 0 fully saturated rings. The maximum absolute atomic E-state index is 3.78. The maximum atomic E-state index is 3.78. The predicted molar refractivity (Wildman–Crippen MR) is 145 cm³/mol. The fourth-order valence-corrected chi connectivity index (χ4v) is 1.88. The molecule has 0 aromatic carbocycles. The van der Waals surface area contributed by atoms with Crippen molar-refractivity contribution >= 4 is 0 Å². The van der Waals surface area contributed by atoms with E-state index in [1.54, 1.807) is 74.4 Å². The zero-order valence-electron chi connectivity index (χ0n) is 21.1. The molecule has 6 heterocycles. The van der Waals surface area contributed by atoms with E-state index < -0.39 is 0 Å². The van der Waals surface area contributed by atoms with Gasteiger partial charge in [-0.05, 0) is 72.8 Å². The maximum Gasteiger partial charge on any atom is 2.00 e. The number of hydrogen-bond donors (Lipinski definition) is 0. The van der Waals surface area contributed by atoms with Crippen molar-refractivity contribution in [2.24, 2.45) is 0 Å². The molecule has 6 aromatic rings. The summed E-state index contributed by atoms with van der Waals surface area (Å²) in [5.41, 5.74) is 0. The third-order valence-electron chi connectivity index (χ3n) is 3.40. The van der Waals surface area contributed by atoms with Crippen LogP contribution in [0.25, 0.3) is 0 Å². The van der Waals surface area contributed by atoms with Crippen LogP contribution in [-0.4, -0.2) is 29.9 Å². The van der Waals surface area contributed by atoms with Gasteiger partial charge in [0.1, 0.15) is 0 Å². The van der Waals surface area contributed by atoms with Gasteiger partial charge in [-0.2, -0.15) is 0 Å². The van der Waals surface area contributed by atoms with E-state index in [0.29, 0.717) is 0 Å². The minimum atomic E-state index is 0. The van der Waals surface area contributed by atoms with Crippen LogP contribution in [0.4, 0.5) is 0 Å². The van der Waals surface area contributed by atoms with E-state index in [9.17, 15) is 0 Å². The van der Waals surface area contributed by atoms with Gasteiger partial charge in [0.05, 0.1) is 0 Å². The normalized spacial score (nSPS) is 7.38. The summed E-state index contributed by atoms with van der Waals surface area (Å²) in [5.74, 6) is 0. The summed E-state index contributed by atoms with van der Waals surface area (Å²) < 4.78 is 0. The Labute approximate surface area is 254 Å². The van der Waals surface area contributed by atoms with Crippen molar-refractivity contribution in [2.45, 2.75) is 0 Å². The Kier molecular flexibility index (Phi) is 36.6. The molecule has 0 aliphatic heterocycles. The largest absolute Gasteiger partial charge is 2.00 e. The summed E-state index contributed by atoms with van der Waals surface area (Å²) >= 11 is 0. The second-order valence-electron chi connectivity index (χ2n) is 6.15. The van der Waals surface area contributed by atoms with Gasteiger partial charge in [-0.15, -0.1) is 0 Å². The van der Waals surface area contributed by atoms with E-state index in [-0.39, 0.29) is 41.9 Å². The molecular formula is C30H30Cl2CuN6. The van der Waals surface area contributed by atoms with Gasteiger partial charge in [0.25, 0.3) is 0 Å². The van der Waals surface area contributed by atoms with Crippen LogP contribution in [0.15, 0.2) is 184 Å². The molecule has 0 saturated heterocycles. The average molecular weight is 609 g/mol. The van der Waals surface area contributed by atoms with Crippen LogP contribution in [0.3, 0.4) is 0 Å². The molecule has 0 unspecified atom stereocenters. The number of nitrogens with zero attached hydrogens (tertiary/aromatic N) is 6. The van der Waals surface area contributed by atoms with E-state index in [0.717, 1.165) is 0 Å². The Morgan fingerprint density at radius 2 is 0.282 bits per heavy atom. The number of aromatic nitrogens is 6. The number of rotatable bonds is 0. The third kappa shape index (κ3) is 34.0. The Balaban J connectivity index is -0.000000393. The first-order valence-electron chi connectivity index (χ1n) is 11.1. The fourth-order valence-electron chi connectivity index (χ4n) is 1.88. The summed E-state index contributed by atoms with van der Waals surface area (Å²) in [6, 6.07) is 34.3. The molecular weight excluding hydrogens is 579 g/mol. The van der Waals surface area contributed by atoms with Gasteiger partial charge in [-0.25, -0.2) is 0 Å². The van der Waals surface area contributed by atoms with E-state index in [1.165, 1.54) is 0 Å². The molecule has 0 spiro atoms. The van der Waals surface area contributed by atoms with E-state index >= 15 is 0 Å². The summed E-state index contributed by atoms with van der Waals surface area (Å²) in [7, 11) is 0. The Bertz CT molecular complexity index is 717. The first kappa shape index (κ1) is 39.5. The molecule has 205 valence electrons. The van der Waals surface area contributed by atoms with Crippen LogP contribution in [0.1, 0.15) is 0 Å². The van der Waals surface area contributed by atoms with Gasteiger partial charge in [-0.3, -0.25) is 29.9 Å². The van der Waals surface area contributed by atoms with Crippen molar-refractivity contribution in [3.63, 3.8) is 0 Å². The molecule has 39 heavy (non-hydrogen) atoms. The smallest absolute Gasteiger partial charge is 1.00 e. The SMILES string of the molecule is [Cl-].[Cl-].[Cu+2].c1ccncc1.c1ccncc1.c1ccncc1.c1ccncc1.c1ccncc1.c1ccncc1. The molecule has 9 heteroatoms. The van der Waals surface area contributed by atoms with Crippen molar-refractivity contribution < 1.29 is 41.9 Å². The molecule has 6 nitrogen and oxygen atoms in total. The first-order valence-corrected chi connectivity index (χ1v) is 11.1. The molecule has 0 aliphatic rings.